The Balaban J connectivity index is 4.32. The van der Waals surface area contributed by atoms with Crippen molar-refractivity contribution >= 4 is 23.8 Å². The van der Waals surface area contributed by atoms with Gasteiger partial charge >= 0.3 is 12.0 Å². The van der Waals surface area contributed by atoms with Gasteiger partial charge in [0.25, 0.3) is 0 Å². The predicted molar refractivity (Wildman–Crippen MR) is 75.1 cm³/mol. The Morgan fingerprint density at radius 3 is 2.50 bits per heavy atom. The Morgan fingerprint density at radius 2 is 2.06 bits per heavy atom. The fourth-order valence-electron chi connectivity index (χ4n) is 1.49. The third-order valence-electron chi connectivity index (χ3n) is 2.66. The van der Waals surface area contributed by atoms with E-state index in [2.05, 4.69) is 12.2 Å². The molecule has 0 radical (unpaired) electrons. The van der Waals surface area contributed by atoms with Crippen LogP contribution in [0.25, 0.3) is 0 Å². The van der Waals surface area contributed by atoms with E-state index >= 15 is 0 Å². The van der Waals surface area contributed by atoms with Crippen LogP contribution in [0.3, 0.4) is 0 Å². The molecule has 0 bridgehead atoms. The number of hydrogen-bond acceptors (Lipinski definition) is 3. The Labute approximate surface area is 113 Å². The van der Waals surface area contributed by atoms with E-state index in [4.69, 9.17) is 5.11 Å². The van der Waals surface area contributed by atoms with Crippen LogP contribution in [0.4, 0.5) is 4.79 Å². The first-order valence-electron chi connectivity index (χ1n) is 6.33. The summed E-state index contributed by atoms with van der Waals surface area (Å²) in [5.41, 5.74) is 0. The molecule has 0 aromatic heterocycles. The van der Waals surface area contributed by atoms with E-state index in [-0.39, 0.29) is 6.03 Å². The van der Waals surface area contributed by atoms with Crippen LogP contribution < -0.4 is 5.32 Å². The average molecular weight is 276 g/mol. The maximum Gasteiger partial charge on any atom is 0.326 e. The number of carbonyl (C=O) groups excluding carboxylic acids is 1. The van der Waals surface area contributed by atoms with E-state index in [0.29, 0.717) is 19.5 Å². The summed E-state index contributed by atoms with van der Waals surface area (Å²) in [5, 5.41) is 11.6. The van der Waals surface area contributed by atoms with Gasteiger partial charge in [-0.1, -0.05) is 13.3 Å². The third-order valence-corrected chi connectivity index (χ3v) is 3.30. The van der Waals surface area contributed by atoms with Crippen LogP contribution in [0.1, 0.15) is 33.1 Å². The highest BCUT2D eigenvalue weighted by Crippen LogP contribution is 2.03. The normalized spacial score (nSPS) is 11.9. The van der Waals surface area contributed by atoms with E-state index in [1.165, 1.54) is 0 Å². The lowest BCUT2D eigenvalue weighted by Gasteiger charge is -2.23. The minimum absolute atomic E-state index is 0.278. The first kappa shape index (κ1) is 17.1. The summed E-state index contributed by atoms with van der Waals surface area (Å²) in [6.07, 6.45) is 4.32. The van der Waals surface area contributed by atoms with Crippen LogP contribution in [-0.2, 0) is 4.79 Å². The number of carboxylic acids is 1. The zero-order valence-corrected chi connectivity index (χ0v) is 12.3. The topological polar surface area (TPSA) is 69.6 Å². The number of carboxylic acid groups (broad SMARTS) is 1. The zero-order chi connectivity index (χ0) is 14.0. The smallest absolute Gasteiger partial charge is 0.326 e. The molecule has 2 N–H and O–H groups in total. The fourth-order valence-corrected chi connectivity index (χ4v) is 1.96. The minimum atomic E-state index is -0.969. The first-order chi connectivity index (χ1) is 8.56. The second-order valence-corrected chi connectivity index (χ2v) is 5.04. The molecular weight excluding hydrogens is 252 g/mol. The highest BCUT2D eigenvalue weighted by Gasteiger charge is 2.21. The molecule has 0 aliphatic heterocycles. The molecule has 0 saturated heterocycles. The molecule has 2 amide bonds. The van der Waals surface area contributed by atoms with Gasteiger partial charge in [-0.05, 0) is 31.8 Å². The second-order valence-electron chi connectivity index (χ2n) is 4.06. The Kier molecular flexibility index (Phi) is 9.55. The van der Waals surface area contributed by atoms with Gasteiger partial charge in [0.1, 0.15) is 6.04 Å². The molecule has 0 aromatic rings. The molecule has 1 atom stereocenters. The van der Waals surface area contributed by atoms with Gasteiger partial charge in [0.2, 0.25) is 0 Å². The van der Waals surface area contributed by atoms with Crippen molar-refractivity contribution in [1.82, 2.24) is 10.2 Å². The third kappa shape index (κ3) is 6.74. The van der Waals surface area contributed by atoms with Crippen molar-refractivity contribution in [3.8, 4) is 0 Å². The van der Waals surface area contributed by atoms with Crippen LogP contribution in [0, 0.1) is 0 Å². The van der Waals surface area contributed by atoms with Gasteiger partial charge in [-0.3, -0.25) is 0 Å². The van der Waals surface area contributed by atoms with Gasteiger partial charge in [0, 0.05) is 13.1 Å². The summed E-state index contributed by atoms with van der Waals surface area (Å²) in [6, 6.07) is -1.07. The van der Waals surface area contributed by atoms with Crippen LogP contribution in [0.2, 0.25) is 0 Å². The number of thioether (sulfide) groups is 1. The van der Waals surface area contributed by atoms with E-state index in [1.807, 2.05) is 13.2 Å². The molecule has 5 nitrogen and oxygen atoms in total. The lowest BCUT2D eigenvalue weighted by molar-refractivity contribution is -0.139. The molecule has 0 fully saturated rings. The maximum atomic E-state index is 11.9. The number of aliphatic carboxylic acids is 1. The molecule has 0 spiro atoms. The molecular formula is C12H24N2O3S. The fraction of sp³-hybridized carbons (Fsp3) is 0.833. The number of urea groups is 1. The first-order valence-corrected chi connectivity index (χ1v) is 7.73. The summed E-state index contributed by atoms with van der Waals surface area (Å²) in [5.74, 6) is -0.248. The number of unbranched alkanes of at least 4 members (excludes halogenated alkanes) is 1. The van der Waals surface area contributed by atoms with Crippen molar-refractivity contribution < 1.29 is 14.7 Å². The van der Waals surface area contributed by atoms with Crippen molar-refractivity contribution in [2.24, 2.45) is 0 Å². The molecule has 0 aromatic carbocycles. The highest BCUT2D eigenvalue weighted by atomic mass is 32.2. The zero-order valence-electron chi connectivity index (χ0n) is 11.4. The molecule has 106 valence electrons. The number of nitrogens with zero attached hydrogens (tertiary/aromatic N) is 1. The predicted octanol–water partition coefficient (Wildman–Crippen LogP) is 2.02. The molecule has 0 heterocycles. The van der Waals surface area contributed by atoms with Gasteiger partial charge in [-0.25, -0.2) is 9.59 Å². The number of nitrogens with one attached hydrogen (secondary N) is 1. The van der Waals surface area contributed by atoms with Crippen LogP contribution in [0.15, 0.2) is 0 Å². The standard InChI is InChI=1S/C12H24N2O3S/c1-4-6-8-14(5-2)12(17)13-10(11(15)16)7-9-18-3/h10H,4-9H2,1-3H3,(H,13,17)(H,15,16). The summed E-state index contributed by atoms with van der Waals surface area (Å²) in [7, 11) is 0. The number of carbonyl (C=O) groups is 2. The average Bonchev–Trinajstić information content (AvgIpc) is 2.34. The summed E-state index contributed by atoms with van der Waals surface area (Å²) in [6.45, 7) is 5.23. The Bertz CT molecular complexity index is 262. The lowest BCUT2D eigenvalue weighted by Crippen LogP contribution is -2.48. The molecule has 6 heteroatoms. The van der Waals surface area contributed by atoms with E-state index < -0.39 is 12.0 Å². The van der Waals surface area contributed by atoms with Crippen LogP contribution >= 0.6 is 11.8 Å². The molecule has 0 aliphatic rings. The van der Waals surface area contributed by atoms with Gasteiger partial charge in [-0.2, -0.15) is 11.8 Å². The maximum absolute atomic E-state index is 11.9. The Morgan fingerprint density at radius 1 is 1.39 bits per heavy atom. The summed E-state index contributed by atoms with van der Waals surface area (Å²) >= 11 is 1.57. The van der Waals surface area contributed by atoms with Crippen LogP contribution in [-0.4, -0.2) is 53.1 Å². The number of hydrogen-bond donors (Lipinski definition) is 2. The highest BCUT2D eigenvalue weighted by molar-refractivity contribution is 7.98. The number of amides is 2. The van der Waals surface area contributed by atoms with Crippen molar-refractivity contribution in [3.63, 3.8) is 0 Å². The van der Waals surface area contributed by atoms with Gasteiger partial charge in [0.15, 0.2) is 0 Å². The SMILES string of the molecule is CCCCN(CC)C(=O)NC(CCSC)C(=O)O. The van der Waals surface area contributed by atoms with E-state index in [9.17, 15) is 9.59 Å². The molecule has 18 heavy (non-hydrogen) atoms. The summed E-state index contributed by atoms with van der Waals surface area (Å²) in [4.78, 5) is 24.6. The van der Waals surface area contributed by atoms with Crippen molar-refractivity contribution in [3.05, 3.63) is 0 Å². The Hall–Kier alpha value is -0.910. The molecule has 0 rings (SSSR count). The molecule has 0 aliphatic carbocycles. The van der Waals surface area contributed by atoms with E-state index in [1.54, 1.807) is 16.7 Å². The quantitative estimate of drug-likeness (QED) is 0.676. The molecule has 0 saturated carbocycles. The lowest BCUT2D eigenvalue weighted by atomic mass is 10.2. The van der Waals surface area contributed by atoms with Crippen molar-refractivity contribution in [2.75, 3.05) is 25.1 Å². The van der Waals surface area contributed by atoms with Gasteiger partial charge < -0.3 is 15.3 Å². The minimum Gasteiger partial charge on any atom is -0.480 e. The largest absolute Gasteiger partial charge is 0.480 e. The van der Waals surface area contributed by atoms with Crippen molar-refractivity contribution in [1.29, 1.82) is 0 Å². The second kappa shape index (κ2) is 10.1. The van der Waals surface area contributed by atoms with E-state index in [0.717, 1.165) is 18.6 Å². The molecule has 1 unspecified atom stereocenters. The van der Waals surface area contributed by atoms with Crippen molar-refractivity contribution in [2.45, 2.75) is 39.2 Å². The summed E-state index contributed by atoms with van der Waals surface area (Å²) < 4.78 is 0. The van der Waals surface area contributed by atoms with Gasteiger partial charge in [-0.15, -0.1) is 0 Å². The van der Waals surface area contributed by atoms with Crippen LogP contribution in [0.5, 0.6) is 0 Å². The number of rotatable bonds is 9. The monoisotopic (exact) mass is 276 g/mol. The van der Waals surface area contributed by atoms with Gasteiger partial charge in [0.05, 0.1) is 0 Å².